The summed E-state index contributed by atoms with van der Waals surface area (Å²) in [6, 6.07) is 4.07. The molecule has 7 heteroatoms. The van der Waals surface area contributed by atoms with Gasteiger partial charge in [0, 0.05) is 13.1 Å². The van der Waals surface area contributed by atoms with E-state index in [1.165, 1.54) is 24.4 Å². The molecule has 2 aromatic rings. The van der Waals surface area contributed by atoms with Gasteiger partial charge in [-0.15, -0.1) is 0 Å². The zero-order valence-corrected chi connectivity index (χ0v) is 9.59. The summed E-state index contributed by atoms with van der Waals surface area (Å²) >= 11 is 5.76. The van der Waals surface area contributed by atoms with E-state index in [1.807, 2.05) is 0 Å². The SMILES string of the molecule is Cn1cc(Oc2cc(Cl)cc([N+](=O)[O-])c2)cn1. The van der Waals surface area contributed by atoms with Crippen LogP contribution in [-0.2, 0) is 7.05 Å². The summed E-state index contributed by atoms with van der Waals surface area (Å²) in [6.45, 7) is 0. The minimum atomic E-state index is -0.526. The van der Waals surface area contributed by atoms with E-state index < -0.39 is 4.92 Å². The van der Waals surface area contributed by atoms with Gasteiger partial charge in [0.25, 0.3) is 5.69 Å². The van der Waals surface area contributed by atoms with E-state index in [1.54, 1.807) is 17.9 Å². The Bertz CT molecular complexity index is 568. The highest BCUT2D eigenvalue weighted by molar-refractivity contribution is 6.30. The third-order valence-electron chi connectivity index (χ3n) is 1.98. The predicted molar refractivity (Wildman–Crippen MR) is 61.4 cm³/mol. The maximum absolute atomic E-state index is 10.6. The number of aromatic nitrogens is 2. The number of halogens is 1. The maximum Gasteiger partial charge on any atom is 0.274 e. The molecule has 0 spiro atoms. The van der Waals surface area contributed by atoms with Crippen LogP contribution in [0.1, 0.15) is 0 Å². The molecule has 88 valence electrons. The number of rotatable bonds is 3. The van der Waals surface area contributed by atoms with Crippen LogP contribution in [0.15, 0.2) is 30.6 Å². The molecule has 1 aromatic heterocycles. The molecule has 0 atom stereocenters. The van der Waals surface area contributed by atoms with E-state index in [0.29, 0.717) is 11.5 Å². The summed E-state index contributed by atoms with van der Waals surface area (Å²) in [5.74, 6) is 0.793. The second-order valence-corrected chi connectivity index (χ2v) is 3.79. The van der Waals surface area contributed by atoms with Crippen molar-refractivity contribution in [2.75, 3.05) is 0 Å². The highest BCUT2D eigenvalue weighted by Crippen LogP contribution is 2.29. The number of nitro groups is 1. The molecule has 1 aromatic carbocycles. The highest BCUT2D eigenvalue weighted by atomic mass is 35.5. The van der Waals surface area contributed by atoms with Gasteiger partial charge in [0.15, 0.2) is 5.75 Å². The molecule has 0 aliphatic carbocycles. The van der Waals surface area contributed by atoms with Gasteiger partial charge in [0.05, 0.1) is 28.4 Å². The summed E-state index contributed by atoms with van der Waals surface area (Å²) in [6.07, 6.45) is 3.15. The fraction of sp³-hybridized carbons (Fsp3) is 0.100. The molecule has 0 amide bonds. The predicted octanol–water partition coefficient (Wildman–Crippen LogP) is 2.77. The number of hydrogen-bond donors (Lipinski definition) is 0. The van der Waals surface area contributed by atoms with Gasteiger partial charge in [0.2, 0.25) is 0 Å². The molecule has 1 heterocycles. The molecule has 0 saturated heterocycles. The van der Waals surface area contributed by atoms with E-state index in [9.17, 15) is 10.1 Å². The fourth-order valence-corrected chi connectivity index (χ4v) is 1.52. The van der Waals surface area contributed by atoms with Crippen LogP contribution in [-0.4, -0.2) is 14.7 Å². The van der Waals surface area contributed by atoms with Gasteiger partial charge in [-0.05, 0) is 6.07 Å². The van der Waals surface area contributed by atoms with E-state index in [2.05, 4.69) is 5.10 Å². The molecule has 17 heavy (non-hydrogen) atoms. The first-order valence-electron chi connectivity index (χ1n) is 4.66. The molecule has 0 fully saturated rings. The fourth-order valence-electron chi connectivity index (χ4n) is 1.30. The Labute approximate surface area is 102 Å². The molecular formula is C10H8ClN3O3. The van der Waals surface area contributed by atoms with Crippen LogP contribution < -0.4 is 4.74 Å². The van der Waals surface area contributed by atoms with Crippen LogP contribution in [0.5, 0.6) is 11.5 Å². The highest BCUT2D eigenvalue weighted by Gasteiger charge is 2.10. The molecule has 0 unspecified atom stereocenters. The van der Waals surface area contributed by atoms with Crippen molar-refractivity contribution in [3.05, 3.63) is 45.7 Å². The minimum absolute atomic E-state index is 0.114. The summed E-state index contributed by atoms with van der Waals surface area (Å²) < 4.78 is 6.96. The largest absolute Gasteiger partial charge is 0.454 e. The Kier molecular flexibility index (Phi) is 2.97. The standard InChI is InChI=1S/C10H8ClN3O3/c1-13-6-10(5-12-13)17-9-3-7(11)2-8(4-9)14(15)16/h2-6H,1H3. The van der Waals surface area contributed by atoms with Crippen LogP contribution in [0, 0.1) is 10.1 Å². The molecule has 0 aliphatic rings. The third kappa shape index (κ3) is 2.73. The number of non-ortho nitro benzene ring substituents is 1. The Morgan fingerprint density at radius 2 is 2.18 bits per heavy atom. The van der Waals surface area contributed by atoms with Crippen molar-refractivity contribution >= 4 is 17.3 Å². The van der Waals surface area contributed by atoms with E-state index in [4.69, 9.17) is 16.3 Å². The smallest absolute Gasteiger partial charge is 0.274 e. The molecular weight excluding hydrogens is 246 g/mol. The number of ether oxygens (including phenoxy) is 1. The second-order valence-electron chi connectivity index (χ2n) is 3.35. The number of hydrogen-bond acceptors (Lipinski definition) is 4. The lowest BCUT2D eigenvalue weighted by atomic mass is 10.3. The summed E-state index contributed by atoms with van der Waals surface area (Å²) in [5.41, 5.74) is -0.114. The number of aryl methyl sites for hydroxylation is 1. The van der Waals surface area contributed by atoms with Crippen molar-refractivity contribution < 1.29 is 9.66 Å². The zero-order chi connectivity index (χ0) is 12.4. The lowest BCUT2D eigenvalue weighted by Gasteiger charge is -2.02. The molecule has 0 aliphatic heterocycles. The quantitative estimate of drug-likeness (QED) is 0.623. The topological polar surface area (TPSA) is 70.2 Å². The van der Waals surface area contributed by atoms with Crippen molar-refractivity contribution in [3.8, 4) is 11.5 Å². The van der Waals surface area contributed by atoms with Gasteiger partial charge >= 0.3 is 0 Å². The normalized spacial score (nSPS) is 10.2. The van der Waals surface area contributed by atoms with Gasteiger partial charge < -0.3 is 4.74 Å². The van der Waals surface area contributed by atoms with Gasteiger partial charge in [-0.3, -0.25) is 14.8 Å². The third-order valence-corrected chi connectivity index (χ3v) is 2.20. The van der Waals surface area contributed by atoms with E-state index in [-0.39, 0.29) is 10.7 Å². The number of nitrogens with zero attached hydrogens (tertiary/aromatic N) is 3. The van der Waals surface area contributed by atoms with Gasteiger partial charge in [-0.2, -0.15) is 5.10 Å². The van der Waals surface area contributed by atoms with Gasteiger partial charge in [-0.1, -0.05) is 11.6 Å². The van der Waals surface area contributed by atoms with E-state index in [0.717, 1.165) is 0 Å². The van der Waals surface area contributed by atoms with Crippen LogP contribution in [0.2, 0.25) is 5.02 Å². The first kappa shape index (κ1) is 11.4. The monoisotopic (exact) mass is 253 g/mol. The van der Waals surface area contributed by atoms with E-state index >= 15 is 0 Å². The Morgan fingerprint density at radius 3 is 2.76 bits per heavy atom. The average molecular weight is 254 g/mol. The van der Waals surface area contributed by atoms with Gasteiger partial charge in [-0.25, -0.2) is 0 Å². The molecule has 0 N–H and O–H groups in total. The molecule has 6 nitrogen and oxygen atoms in total. The van der Waals surface area contributed by atoms with Gasteiger partial charge in [0.1, 0.15) is 5.75 Å². The second kappa shape index (κ2) is 4.42. The zero-order valence-electron chi connectivity index (χ0n) is 8.83. The van der Waals surface area contributed by atoms with Crippen LogP contribution in [0.4, 0.5) is 5.69 Å². The minimum Gasteiger partial charge on any atom is -0.454 e. The molecule has 2 rings (SSSR count). The lowest BCUT2D eigenvalue weighted by molar-refractivity contribution is -0.384. The Hall–Kier alpha value is -2.08. The molecule has 0 radical (unpaired) electrons. The summed E-state index contributed by atoms with van der Waals surface area (Å²) in [4.78, 5) is 10.1. The first-order valence-corrected chi connectivity index (χ1v) is 5.04. The summed E-state index contributed by atoms with van der Waals surface area (Å²) in [5, 5.41) is 14.8. The number of benzene rings is 1. The van der Waals surface area contributed by atoms with Crippen LogP contribution >= 0.6 is 11.6 Å². The maximum atomic E-state index is 10.6. The lowest BCUT2D eigenvalue weighted by Crippen LogP contribution is -1.90. The first-order chi connectivity index (χ1) is 8.04. The van der Waals surface area contributed by atoms with Crippen LogP contribution in [0.3, 0.4) is 0 Å². The summed E-state index contributed by atoms with van der Waals surface area (Å²) in [7, 11) is 1.74. The Balaban J connectivity index is 2.29. The van der Waals surface area contributed by atoms with Crippen molar-refractivity contribution in [2.45, 2.75) is 0 Å². The van der Waals surface area contributed by atoms with Crippen molar-refractivity contribution in [1.82, 2.24) is 9.78 Å². The average Bonchev–Trinajstić information content (AvgIpc) is 2.63. The van der Waals surface area contributed by atoms with Crippen molar-refractivity contribution in [3.63, 3.8) is 0 Å². The Morgan fingerprint density at radius 1 is 1.41 bits per heavy atom. The molecule has 0 saturated carbocycles. The van der Waals surface area contributed by atoms with Crippen molar-refractivity contribution in [2.24, 2.45) is 7.05 Å². The number of nitro benzene ring substituents is 1. The van der Waals surface area contributed by atoms with Crippen LogP contribution in [0.25, 0.3) is 0 Å². The molecule has 0 bridgehead atoms. The van der Waals surface area contributed by atoms with Crippen molar-refractivity contribution in [1.29, 1.82) is 0 Å².